The topological polar surface area (TPSA) is 57.6 Å². The van der Waals surface area contributed by atoms with Gasteiger partial charge in [0.1, 0.15) is 5.82 Å². The van der Waals surface area contributed by atoms with E-state index >= 15 is 0 Å². The Labute approximate surface area is 147 Å². The maximum absolute atomic E-state index is 13.7. The second-order valence-corrected chi connectivity index (χ2v) is 7.39. The second kappa shape index (κ2) is 6.25. The van der Waals surface area contributed by atoms with Crippen molar-refractivity contribution in [2.45, 2.75) is 37.8 Å². The van der Waals surface area contributed by atoms with Gasteiger partial charge in [0.25, 0.3) is 0 Å². The summed E-state index contributed by atoms with van der Waals surface area (Å²) in [5.41, 5.74) is -2.29. The molecule has 1 heterocycles. The molecular weight excluding hydrogens is 354 g/mol. The van der Waals surface area contributed by atoms with Gasteiger partial charge in [-0.15, -0.1) is 0 Å². The highest BCUT2D eigenvalue weighted by atomic mass is 19.4. The molecule has 2 unspecified atom stereocenters. The van der Waals surface area contributed by atoms with Crippen LogP contribution in [0.3, 0.4) is 0 Å². The van der Waals surface area contributed by atoms with Crippen LogP contribution in [0.1, 0.15) is 37.3 Å². The van der Waals surface area contributed by atoms with E-state index in [1.807, 2.05) is 6.92 Å². The molecule has 4 nitrogen and oxygen atoms in total. The molecule has 1 aliphatic heterocycles. The van der Waals surface area contributed by atoms with Crippen molar-refractivity contribution in [1.29, 1.82) is 0 Å². The van der Waals surface area contributed by atoms with Gasteiger partial charge < -0.3 is 10.0 Å². The first-order valence-electron chi connectivity index (χ1n) is 8.43. The van der Waals surface area contributed by atoms with E-state index in [1.165, 1.54) is 4.90 Å². The molecule has 0 spiro atoms. The molecule has 1 aromatic carbocycles. The summed E-state index contributed by atoms with van der Waals surface area (Å²) in [7, 11) is 0. The van der Waals surface area contributed by atoms with Crippen LogP contribution in [0.25, 0.3) is 0 Å². The first-order valence-corrected chi connectivity index (χ1v) is 8.43. The van der Waals surface area contributed by atoms with Gasteiger partial charge in [0.2, 0.25) is 5.91 Å². The number of benzene rings is 1. The number of likely N-dealkylation sites (tertiary alicyclic amines) is 1. The van der Waals surface area contributed by atoms with Crippen LogP contribution in [0.15, 0.2) is 18.2 Å². The highest BCUT2D eigenvalue weighted by molar-refractivity contribution is 5.92. The van der Waals surface area contributed by atoms with Crippen molar-refractivity contribution >= 4 is 11.9 Å². The van der Waals surface area contributed by atoms with Crippen LogP contribution in [0.2, 0.25) is 0 Å². The van der Waals surface area contributed by atoms with Crippen LogP contribution < -0.4 is 0 Å². The molecule has 2 aliphatic rings. The summed E-state index contributed by atoms with van der Waals surface area (Å²) in [5, 5.41) is 9.24. The van der Waals surface area contributed by atoms with Crippen LogP contribution in [0.5, 0.6) is 0 Å². The minimum absolute atomic E-state index is 0.0138. The molecule has 1 aliphatic carbocycles. The number of piperidine rings is 1. The van der Waals surface area contributed by atoms with Crippen LogP contribution in [0, 0.1) is 17.7 Å². The van der Waals surface area contributed by atoms with E-state index in [2.05, 4.69) is 0 Å². The van der Waals surface area contributed by atoms with Gasteiger partial charge >= 0.3 is 12.1 Å². The monoisotopic (exact) mass is 373 g/mol. The minimum atomic E-state index is -4.70. The molecule has 0 radical (unpaired) electrons. The Bertz CT molecular complexity index is 742. The number of hydrogen-bond donors (Lipinski definition) is 1. The predicted octanol–water partition coefficient (Wildman–Crippen LogP) is 3.45. The van der Waals surface area contributed by atoms with E-state index in [4.69, 9.17) is 0 Å². The Balaban J connectivity index is 1.90. The highest BCUT2D eigenvalue weighted by Crippen LogP contribution is 2.51. The molecule has 26 heavy (non-hydrogen) atoms. The third-order valence-electron chi connectivity index (χ3n) is 5.23. The number of carbonyl (C=O) groups is 2. The summed E-state index contributed by atoms with van der Waals surface area (Å²) in [6, 6.07) is 2.21. The Morgan fingerprint density at radius 1 is 1.19 bits per heavy atom. The standard InChI is InChI=1S/C18H19F4NO3/c1-10-4-11(15(24)25)9-23(8-10)16(26)17(2-3-17)12-5-13(18(20,21)22)7-14(19)6-12/h5-7,10-11H,2-4,8-9H2,1H3,(H,24,25). The molecule has 2 atom stereocenters. The molecule has 1 aromatic rings. The largest absolute Gasteiger partial charge is 0.481 e. The molecule has 1 saturated carbocycles. The molecule has 1 N–H and O–H groups in total. The normalized spacial score (nSPS) is 25.0. The number of amides is 1. The summed E-state index contributed by atoms with van der Waals surface area (Å²) in [5.74, 6) is -3.16. The fourth-order valence-electron chi connectivity index (χ4n) is 3.78. The highest BCUT2D eigenvalue weighted by Gasteiger charge is 2.54. The fourth-order valence-corrected chi connectivity index (χ4v) is 3.78. The Kier molecular flexibility index (Phi) is 4.48. The van der Waals surface area contributed by atoms with Gasteiger partial charge in [0, 0.05) is 13.1 Å². The van der Waals surface area contributed by atoms with E-state index < -0.39 is 40.8 Å². The maximum atomic E-state index is 13.7. The number of carboxylic acid groups (broad SMARTS) is 1. The van der Waals surface area contributed by atoms with Gasteiger partial charge in [-0.05, 0) is 48.9 Å². The minimum Gasteiger partial charge on any atom is -0.481 e. The third-order valence-corrected chi connectivity index (χ3v) is 5.23. The number of aliphatic carboxylic acids is 1. The van der Waals surface area contributed by atoms with E-state index in [1.54, 1.807) is 0 Å². The van der Waals surface area contributed by atoms with E-state index in [0.717, 1.165) is 12.1 Å². The lowest BCUT2D eigenvalue weighted by molar-refractivity contribution is -0.148. The van der Waals surface area contributed by atoms with Crippen molar-refractivity contribution in [2.75, 3.05) is 13.1 Å². The summed E-state index contributed by atoms with van der Waals surface area (Å²) in [4.78, 5) is 25.7. The second-order valence-electron chi connectivity index (χ2n) is 7.39. The smallest absolute Gasteiger partial charge is 0.416 e. The van der Waals surface area contributed by atoms with Gasteiger partial charge in [-0.2, -0.15) is 13.2 Å². The molecular formula is C18H19F4NO3. The molecule has 3 rings (SSSR count). The van der Waals surface area contributed by atoms with Crippen LogP contribution in [-0.2, 0) is 21.2 Å². The molecule has 1 amide bonds. The molecule has 0 aromatic heterocycles. The van der Waals surface area contributed by atoms with Crippen LogP contribution in [0.4, 0.5) is 17.6 Å². The number of hydrogen-bond acceptors (Lipinski definition) is 2. The Morgan fingerprint density at radius 2 is 1.85 bits per heavy atom. The zero-order valence-electron chi connectivity index (χ0n) is 14.1. The number of nitrogens with zero attached hydrogens (tertiary/aromatic N) is 1. The van der Waals surface area contributed by atoms with Gasteiger partial charge in [-0.3, -0.25) is 9.59 Å². The van der Waals surface area contributed by atoms with Gasteiger partial charge in [-0.25, -0.2) is 4.39 Å². The van der Waals surface area contributed by atoms with E-state index in [0.29, 0.717) is 31.9 Å². The zero-order valence-corrected chi connectivity index (χ0v) is 14.1. The Hall–Kier alpha value is -2.12. The average Bonchev–Trinajstić information content (AvgIpc) is 3.34. The summed E-state index contributed by atoms with van der Waals surface area (Å²) in [6.45, 7) is 2.21. The number of halogens is 4. The van der Waals surface area contributed by atoms with Crippen molar-refractivity contribution in [3.05, 3.63) is 35.1 Å². The fraction of sp³-hybridized carbons (Fsp3) is 0.556. The van der Waals surface area contributed by atoms with Gasteiger partial charge in [0.05, 0.1) is 16.9 Å². The number of rotatable bonds is 3. The quantitative estimate of drug-likeness (QED) is 0.826. The van der Waals surface area contributed by atoms with Crippen molar-refractivity contribution in [3.63, 3.8) is 0 Å². The summed E-state index contributed by atoms with van der Waals surface area (Å²) < 4.78 is 52.7. The molecule has 1 saturated heterocycles. The third kappa shape index (κ3) is 3.41. The van der Waals surface area contributed by atoms with Crippen LogP contribution in [-0.4, -0.2) is 35.0 Å². The zero-order chi connectivity index (χ0) is 19.3. The molecule has 0 bridgehead atoms. The maximum Gasteiger partial charge on any atom is 0.416 e. The predicted molar refractivity (Wildman–Crippen MR) is 83.8 cm³/mol. The lowest BCUT2D eigenvalue weighted by Crippen LogP contribution is -2.49. The lowest BCUT2D eigenvalue weighted by atomic mass is 9.87. The molecule has 2 fully saturated rings. The van der Waals surface area contributed by atoms with E-state index in [-0.39, 0.29) is 18.0 Å². The van der Waals surface area contributed by atoms with Gasteiger partial charge in [-0.1, -0.05) is 6.92 Å². The van der Waals surface area contributed by atoms with Gasteiger partial charge in [0.15, 0.2) is 0 Å². The number of carboxylic acids is 1. The van der Waals surface area contributed by atoms with E-state index in [9.17, 15) is 32.3 Å². The van der Waals surface area contributed by atoms with Crippen molar-refractivity contribution in [3.8, 4) is 0 Å². The first kappa shape index (κ1) is 18.7. The van der Waals surface area contributed by atoms with Crippen molar-refractivity contribution in [1.82, 2.24) is 4.90 Å². The number of carbonyl (C=O) groups excluding carboxylic acids is 1. The Morgan fingerprint density at radius 3 is 2.38 bits per heavy atom. The average molecular weight is 373 g/mol. The van der Waals surface area contributed by atoms with Crippen LogP contribution >= 0.6 is 0 Å². The SMILES string of the molecule is CC1CC(C(=O)O)CN(C(=O)C2(c3cc(F)cc(C(F)(F)F)c3)CC2)C1. The van der Waals surface area contributed by atoms with Crippen molar-refractivity contribution in [2.24, 2.45) is 11.8 Å². The lowest BCUT2D eigenvalue weighted by Gasteiger charge is -2.37. The molecule has 8 heteroatoms. The number of alkyl halides is 3. The summed E-state index contributed by atoms with van der Waals surface area (Å²) >= 11 is 0. The van der Waals surface area contributed by atoms with Crippen molar-refractivity contribution < 1.29 is 32.3 Å². The summed E-state index contributed by atoms with van der Waals surface area (Å²) in [6.07, 6.45) is -3.60. The first-order chi connectivity index (χ1) is 12.0. The molecule has 142 valence electrons.